The maximum Gasteiger partial charge on any atom is 4.00 e. The summed E-state index contributed by atoms with van der Waals surface area (Å²) >= 11 is 9.12. The molecule has 4 aliphatic rings. The number of benzene rings is 4. The van der Waals surface area contributed by atoms with E-state index in [0.29, 0.717) is 0 Å². The molecule has 0 saturated carbocycles. The first-order valence-electron chi connectivity index (χ1n) is 12.3. The van der Waals surface area contributed by atoms with Crippen molar-refractivity contribution in [1.29, 1.82) is 0 Å². The van der Waals surface area contributed by atoms with Crippen LogP contribution in [0.5, 0.6) is 0 Å². The predicted octanol–water partition coefficient (Wildman–Crippen LogP) is 3.06. The number of anilines is 2. The zero-order chi connectivity index (χ0) is 25.0. The molecule has 0 amide bonds. The molecule has 0 N–H and O–H groups in total. The van der Waals surface area contributed by atoms with Gasteiger partial charge in [0, 0.05) is 21.0 Å². The van der Waals surface area contributed by atoms with Crippen LogP contribution in [0.3, 0.4) is 0 Å². The Morgan fingerprint density at radius 2 is 1.10 bits per heavy atom. The van der Waals surface area contributed by atoms with Gasteiger partial charge in [0.25, 0.3) is 0 Å². The van der Waals surface area contributed by atoms with Crippen LogP contribution in [0.2, 0.25) is 0 Å². The molecule has 4 aromatic carbocycles. The predicted molar refractivity (Wildman–Crippen MR) is 161 cm³/mol. The molecule has 2 aliphatic heterocycles. The first-order chi connectivity index (χ1) is 18.0. The number of nitrogens with zero attached hydrogens (tertiary/aromatic N) is 2. The van der Waals surface area contributed by atoms with E-state index in [-0.39, 0.29) is 63.1 Å². The molecule has 0 bridgehead atoms. The van der Waals surface area contributed by atoms with Crippen LogP contribution in [0.1, 0.15) is 45.5 Å². The smallest absolute Gasteiger partial charge is 1.00 e. The van der Waals surface area contributed by atoms with Gasteiger partial charge in [0.05, 0.1) is 0 Å². The molecule has 2 aliphatic carbocycles. The summed E-state index contributed by atoms with van der Waals surface area (Å²) in [4.78, 5) is 7.40. The van der Waals surface area contributed by atoms with Crippen molar-refractivity contribution in [3.05, 3.63) is 115 Å². The average molecular weight is 787 g/mol. The Hall–Kier alpha value is -1.27. The Morgan fingerprint density at radius 3 is 1.52 bits per heavy atom. The van der Waals surface area contributed by atoms with E-state index >= 15 is 0 Å². The molecule has 8 heteroatoms. The molecule has 2 heterocycles. The van der Waals surface area contributed by atoms with E-state index in [1.165, 1.54) is 65.7 Å². The molecular formula is C32H20Br2Cl2N2SZr. The van der Waals surface area contributed by atoms with Crippen molar-refractivity contribution in [2.24, 2.45) is 0 Å². The van der Waals surface area contributed by atoms with Crippen LogP contribution in [-0.4, -0.2) is 14.1 Å². The molecule has 2 unspecified atom stereocenters. The van der Waals surface area contributed by atoms with E-state index in [4.69, 9.17) is 0 Å². The van der Waals surface area contributed by atoms with Crippen molar-refractivity contribution >= 4 is 78.3 Å². The van der Waals surface area contributed by atoms with Gasteiger partial charge in [0.2, 0.25) is 0 Å². The van der Waals surface area contributed by atoms with Crippen molar-refractivity contribution in [2.75, 3.05) is 23.9 Å². The molecule has 0 spiro atoms. The van der Waals surface area contributed by atoms with Gasteiger partial charge >= 0.3 is 26.2 Å². The van der Waals surface area contributed by atoms with Gasteiger partial charge in [-0.15, -0.1) is 59.3 Å². The van der Waals surface area contributed by atoms with Gasteiger partial charge in [0.15, 0.2) is 0 Å². The van der Waals surface area contributed by atoms with E-state index < -0.39 is 0 Å². The van der Waals surface area contributed by atoms with Crippen molar-refractivity contribution in [3.8, 4) is 0 Å². The summed E-state index contributed by atoms with van der Waals surface area (Å²) in [6.45, 7) is 0. The Balaban J connectivity index is 0.00000108. The summed E-state index contributed by atoms with van der Waals surface area (Å²) in [5.74, 6) is 0. The van der Waals surface area contributed by atoms with Crippen LogP contribution in [-0.2, 0) is 26.2 Å². The van der Waals surface area contributed by atoms with Crippen molar-refractivity contribution in [2.45, 2.75) is 21.9 Å². The second kappa shape index (κ2) is 11.1. The number of hydrogen-bond acceptors (Lipinski definition) is 3. The minimum atomic E-state index is 0. The second-order valence-electron chi connectivity index (χ2n) is 10.0. The van der Waals surface area contributed by atoms with Crippen LogP contribution in [0, 0.1) is 12.1 Å². The van der Waals surface area contributed by atoms with Gasteiger partial charge in [-0.25, -0.2) is 0 Å². The minimum Gasteiger partial charge on any atom is -1.00 e. The van der Waals surface area contributed by atoms with Gasteiger partial charge in [-0.05, 0) is 81.8 Å². The summed E-state index contributed by atoms with van der Waals surface area (Å²) in [6.07, 6.45) is 4.68. The molecule has 8 rings (SSSR count). The van der Waals surface area contributed by atoms with E-state index in [1.807, 2.05) is 11.8 Å². The maximum absolute atomic E-state index is 3.63. The SMILES string of the molecule is CN1c2c([c-]ccc2Sc2cc[c-]c3c2N(C)C2C3=Cc3cc(Br)ccc32)C2=Cc3cc(Br)ccc3C21.[Cl-].[Cl-].[Zr+4]. The van der Waals surface area contributed by atoms with Crippen LogP contribution in [0.25, 0.3) is 23.3 Å². The van der Waals surface area contributed by atoms with Crippen molar-refractivity contribution in [3.63, 3.8) is 0 Å². The largest absolute Gasteiger partial charge is 4.00 e. The first kappa shape index (κ1) is 30.2. The van der Waals surface area contributed by atoms with Crippen molar-refractivity contribution in [1.82, 2.24) is 0 Å². The fourth-order valence-corrected chi connectivity index (χ4v) is 8.50. The van der Waals surface area contributed by atoms with Gasteiger partial charge in [0.1, 0.15) is 0 Å². The Kier molecular flexibility index (Phi) is 8.38. The molecule has 40 heavy (non-hydrogen) atoms. The molecule has 0 fully saturated rings. The van der Waals surface area contributed by atoms with Crippen LogP contribution in [0.4, 0.5) is 11.4 Å². The second-order valence-corrected chi connectivity index (χ2v) is 12.9. The van der Waals surface area contributed by atoms with E-state index in [1.54, 1.807) is 0 Å². The third kappa shape index (κ3) is 4.28. The first-order valence-corrected chi connectivity index (χ1v) is 14.7. The van der Waals surface area contributed by atoms with Gasteiger partial charge < -0.3 is 34.6 Å². The summed E-state index contributed by atoms with van der Waals surface area (Å²) < 4.78 is 2.24. The third-order valence-corrected chi connectivity index (χ3v) is 10.1. The van der Waals surface area contributed by atoms with E-state index in [9.17, 15) is 0 Å². The minimum absolute atomic E-state index is 0. The van der Waals surface area contributed by atoms with E-state index in [0.717, 1.165) is 8.95 Å². The Bertz CT molecular complexity index is 1630. The van der Waals surface area contributed by atoms with E-state index in [2.05, 4.69) is 141 Å². The third-order valence-electron chi connectivity index (χ3n) is 8.04. The summed E-state index contributed by atoms with van der Waals surface area (Å²) in [5.41, 5.74) is 13.0. The summed E-state index contributed by atoms with van der Waals surface area (Å²) in [6, 6.07) is 29.5. The zero-order valence-corrected chi connectivity index (χ0v) is 29.4. The van der Waals surface area contributed by atoms with Gasteiger partial charge in [-0.1, -0.05) is 67.3 Å². The molecule has 0 aromatic heterocycles. The zero-order valence-electron chi connectivity index (χ0n) is 21.4. The van der Waals surface area contributed by atoms with Gasteiger partial charge in [-0.3, -0.25) is 0 Å². The molecule has 4 aromatic rings. The maximum atomic E-state index is 3.63. The summed E-state index contributed by atoms with van der Waals surface area (Å²) in [5, 5.41) is 0. The monoisotopic (exact) mass is 782 g/mol. The fourth-order valence-electron chi connectivity index (χ4n) is 6.54. The molecule has 2 atom stereocenters. The molecular weight excluding hydrogens is 766 g/mol. The number of rotatable bonds is 2. The number of halogens is 4. The molecule has 0 radical (unpaired) electrons. The molecule has 2 nitrogen and oxygen atoms in total. The fraction of sp³-hybridized carbons (Fsp3) is 0.125. The van der Waals surface area contributed by atoms with Crippen LogP contribution >= 0.6 is 43.6 Å². The normalized spacial score (nSPS) is 18.2. The summed E-state index contributed by atoms with van der Waals surface area (Å²) in [7, 11) is 4.44. The van der Waals surface area contributed by atoms with Crippen LogP contribution in [0.15, 0.2) is 79.4 Å². The molecule has 0 saturated heterocycles. The number of hydrogen-bond donors (Lipinski definition) is 0. The van der Waals surface area contributed by atoms with Gasteiger partial charge in [-0.2, -0.15) is 0 Å². The van der Waals surface area contributed by atoms with Crippen LogP contribution < -0.4 is 34.6 Å². The quantitative estimate of drug-likeness (QED) is 0.289. The Labute approximate surface area is 287 Å². The average Bonchev–Trinajstić information content (AvgIpc) is 3.59. The van der Waals surface area contributed by atoms with Crippen molar-refractivity contribution < 1.29 is 51.0 Å². The molecule has 196 valence electrons. The topological polar surface area (TPSA) is 6.48 Å². The number of likely N-dealkylation sites (N-methyl/N-ethyl adjacent to an activating group) is 2. The standard InChI is InChI=1S/C32H20Br2N2S.2ClH.Zr/c1-35-29-21-11-9-19(33)13-17(21)15-25(29)23-5-3-7-27(31(23)35)37-28-8-4-6-24-26-16-18-14-20(34)10-12-22(18)30(26)36(2)32(24)28;;;/h3-4,7-16,29-30H,1-2H3;2*1H;/q-2;;;+4/p-2. The Morgan fingerprint density at radius 1 is 0.675 bits per heavy atom. The number of fused-ring (bicyclic) bond motifs is 10.